The number of carbonyl (C=O) groups is 1. The van der Waals surface area contributed by atoms with Crippen molar-refractivity contribution in [2.24, 2.45) is 5.92 Å². The van der Waals surface area contributed by atoms with Crippen molar-refractivity contribution >= 4 is 5.91 Å². The summed E-state index contributed by atoms with van der Waals surface area (Å²) in [5.41, 5.74) is 1.10. The first kappa shape index (κ1) is 15.8. The number of benzene rings is 1. The van der Waals surface area contributed by atoms with Gasteiger partial charge in [0.25, 0.3) is 5.91 Å². The highest BCUT2D eigenvalue weighted by atomic mass is 16.5. The molecule has 116 valence electrons. The molecule has 0 bridgehead atoms. The Hall–Kier alpha value is -1.55. The summed E-state index contributed by atoms with van der Waals surface area (Å²) in [5.74, 6) is 1.17. The average molecular weight is 290 g/mol. The van der Waals surface area contributed by atoms with Crippen LogP contribution < -0.4 is 15.4 Å². The monoisotopic (exact) mass is 290 g/mol. The van der Waals surface area contributed by atoms with E-state index in [1.165, 1.54) is 12.8 Å². The highest BCUT2D eigenvalue weighted by molar-refractivity contribution is 5.80. The van der Waals surface area contributed by atoms with Crippen molar-refractivity contribution in [2.45, 2.75) is 52.3 Å². The molecule has 1 aromatic carbocycles. The van der Waals surface area contributed by atoms with Crippen molar-refractivity contribution in [1.29, 1.82) is 0 Å². The average Bonchev–Trinajstić information content (AvgIpc) is 3.27. The molecule has 1 aromatic rings. The molecule has 1 saturated carbocycles. The van der Waals surface area contributed by atoms with Crippen LogP contribution in [0.3, 0.4) is 0 Å². The summed E-state index contributed by atoms with van der Waals surface area (Å²) in [6.07, 6.45) is 2.04. The molecule has 2 rings (SSSR count). The zero-order chi connectivity index (χ0) is 15.2. The van der Waals surface area contributed by atoms with Crippen LogP contribution in [-0.4, -0.2) is 24.6 Å². The summed E-state index contributed by atoms with van der Waals surface area (Å²) in [4.78, 5) is 12.0. The molecule has 0 heterocycles. The Balaban J connectivity index is 1.89. The Bertz CT molecular complexity index is 470. The van der Waals surface area contributed by atoms with Crippen LogP contribution >= 0.6 is 0 Å². The zero-order valence-corrected chi connectivity index (χ0v) is 13.2. The summed E-state index contributed by atoms with van der Waals surface area (Å²) < 4.78 is 5.84. The number of hydrogen-bond donors (Lipinski definition) is 2. The molecular formula is C17H26N2O2. The zero-order valence-electron chi connectivity index (χ0n) is 13.2. The molecule has 1 amide bonds. The first-order valence-electron chi connectivity index (χ1n) is 7.82. The lowest BCUT2D eigenvalue weighted by Gasteiger charge is -2.18. The molecule has 2 N–H and O–H groups in total. The predicted octanol–water partition coefficient (Wildman–Crippen LogP) is 2.48. The fourth-order valence-electron chi connectivity index (χ4n) is 2.00. The van der Waals surface area contributed by atoms with E-state index >= 15 is 0 Å². The quantitative estimate of drug-likeness (QED) is 0.773. The van der Waals surface area contributed by atoms with Gasteiger partial charge in [-0.2, -0.15) is 0 Å². The summed E-state index contributed by atoms with van der Waals surface area (Å²) in [6, 6.07) is 8.57. The molecule has 0 aliphatic heterocycles. The van der Waals surface area contributed by atoms with E-state index in [2.05, 4.69) is 24.5 Å². The van der Waals surface area contributed by atoms with Gasteiger partial charge in [-0.25, -0.2) is 0 Å². The number of nitrogens with one attached hydrogen (secondary N) is 2. The van der Waals surface area contributed by atoms with Crippen molar-refractivity contribution in [1.82, 2.24) is 10.6 Å². The van der Waals surface area contributed by atoms with Crippen LogP contribution in [0, 0.1) is 5.92 Å². The van der Waals surface area contributed by atoms with Gasteiger partial charge in [-0.05, 0) is 31.7 Å². The van der Waals surface area contributed by atoms with Crippen LogP contribution in [0.4, 0.5) is 0 Å². The van der Waals surface area contributed by atoms with Crippen molar-refractivity contribution < 1.29 is 9.53 Å². The van der Waals surface area contributed by atoms with E-state index in [1.54, 1.807) is 6.92 Å². The minimum Gasteiger partial charge on any atom is -0.481 e. The van der Waals surface area contributed by atoms with Crippen molar-refractivity contribution in [2.75, 3.05) is 6.54 Å². The lowest BCUT2D eigenvalue weighted by Crippen LogP contribution is -2.38. The van der Waals surface area contributed by atoms with Crippen LogP contribution in [0.5, 0.6) is 5.75 Å². The van der Waals surface area contributed by atoms with Gasteiger partial charge in [0, 0.05) is 24.7 Å². The second-order valence-electron chi connectivity index (χ2n) is 6.16. The van der Waals surface area contributed by atoms with E-state index < -0.39 is 6.10 Å². The Morgan fingerprint density at radius 1 is 1.29 bits per heavy atom. The Morgan fingerprint density at radius 2 is 2.00 bits per heavy atom. The third kappa shape index (κ3) is 5.38. The van der Waals surface area contributed by atoms with Crippen LogP contribution in [-0.2, 0) is 11.3 Å². The van der Waals surface area contributed by atoms with Gasteiger partial charge in [0.05, 0.1) is 0 Å². The number of amides is 1. The van der Waals surface area contributed by atoms with Gasteiger partial charge in [0.2, 0.25) is 0 Å². The highest BCUT2D eigenvalue weighted by Gasteiger charge is 2.21. The van der Waals surface area contributed by atoms with Crippen LogP contribution in [0.15, 0.2) is 24.3 Å². The van der Waals surface area contributed by atoms with E-state index in [1.807, 2.05) is 24.3 Å². The second-order valence-corrected chi connectivity index (χ2v) is 6.16. The lowest BCUT2D eigenvalue weighted by atomic mass is 10.2. The third-order valence-corrected chi connectivity index (χ3v) is 3.49. The third-order valence-electron chi connectivity index (χ3n) is 3.49. The Morgan fingerprint density at radius 3 is 2.67 bits per heavy atom. The number of para-hydroxylation sites is 1. The topological polar surface area (TPSA) is 50.4 Å². The van der Waals surface area contributed by atoms with E-state index in [4.69, 9.17) is 4.74 Å². The van der Waals surface area contributed by atoms with E-state index in [-0.39, 0.29) is 5.91 Å². The van der Waals surface area contributed by atoms with Gasteiger partial charge in [-0.15, -0.1) is 0 Å². The van der Waals surface area contributed by atoms with Crippen LogP contribution in [0.2, 0.25) is 0 Å². The molecule has 1 aliphatic rings. The van der Waals surface area contributed by atoms with Gasteiger partial charge >= 0.3 is 0 Å². The number of ether oxygens (including phenoxy) is 1. The first-order chi connectivity index (χ1) is 10.1. The largest absolute Gasteiger partial charge is 0.481 e. The first-order valence-corrected chi connectivity index (χ1v) is 7.82. The molecule has 1 unspecified atom stereocenters. The van der Waals surface area contributed by atoms with E-state index in [0.29, 0.717) is 18.5 Å². The fraction of sp³-hybridized carbons (Fsp3) is 0.588. The van der Waals surface area contributed by atoms with Crippen LogP contribution in [0.1, 0.15) is 39.2 Å². The van der Waals surface area contributed by atoms with E-state index in [0.717, 1.165) is 17.9 Å². The normalized spacial score (nSPS) is 15.8. The maximum Gasteiger partial charge on any atom is 0.260 e. The van der Waals surface area contributed by atoms with Gasteiger partial charge in [0.1, 0.15) is 5.75 Å². The Kier molecular flexibility index (Phi) is 5.62. The molecular weight excluding hydrogens is 264 g/mol. The number of rotatable bonds is 8. The summed E-state index contributed by atoms with van der Waals surface area (Å²) in [7, 11) is 0. The molecule has 4 heteroatoms. The SMILES string of the molecule is CC(C)CNC(=O)C(C)Oc1ccccc1CNC1CC1. The van der Waals surface area contributed by atoms with Crippen molar-refractivity contribution in [3.63, 3.8) is 0 Å². The lowest BCUT2D eigenvalue weighted by molar-refractivity contribution is -0.127. The maximum atomic E-state index is 12.0. The van der Waals surface area contributed by atoms with Gasteiger partial charge in [-0.3, -0.25) is 4.79 Å². The molecule has 0 radical (unpaired) electrons. The Labute approximate surface area is 127 Å². The molecule has 21 heavy (non-hydrogen) atoms. The molecule has 1 atom stereocenters. The maximum absolute atomic E-state index is 12.0. The molecule has 1 aliphatic carbocycles. The van der Waals surface area contributed by atoms with Crippen molar-refractivity contribution in [3.8, 4) is 5.75 Å². The molecule has 0 saturated heterocycles. The van der Waals surface area contributed by atoms with Crippen molar-refractivity contribution in [3.05, 3.63) is 29.8 Å². The summed E-state index contributed by atoms with van der Waals surface area (Å²) >= 11 is 0. The molecule has 1 fully saturated rings. The standard InChI is InChI=1S/C17H26N2O2/c1-12(2)10-19-17(20)13(3)21-16-7-5-4-6-14(16)11-18-15-8-9-15/h4-7,12-13,15,18H,8-11H2,1-3H3,(H,19,20). The fourth-order valence-corrected chi connectivity index (χ4v) is 2.00. The minimum atomic E-state index is -0.481. The highest BCUT2D eigenvalue weighted by Crippen LogP contribution is 2.23. The van der Waals surface area contributed by atoms with E-state index in [9.17, 15) is 4.79 Å². The smallest absolute Gasteiger partial charge is 0.260 e. The molecule has 4 nitrogen and oxygen atoms in total. The summed E-state index contributed by atoms with van der Waals surface area (Å²) in [6.45, 7) is 7.41. The second kappa shape index (κ2) is 7.46. The van der Waals surface area contributed by atoms with Crippen LogP contribution in [0.25, 0.3) is 0 Å². The molecule has 0 aromatic heterocycles. The van der Waals surface area contributed by atoms with Gasteiger partial charge < -0.3 is 15.4 Å². The minimum absolute atomic E-state index is 0.0614. The molecule has 0 spiro atoms. The number of hydrogen-bond acceptors (Lipinski definition) is 3. The predicted molar refractivity (Wildman–Crippen MR) is 84.2 cm³/mol. The van der Waals surface area contributed by atoms with Gasteiger partial charge in [-0.1, -0.05) is 32.0 Å². The van der Waals surface area contributed by atoms with Gasteiger partial charge in [0.15, 0.2) is 6.10 Å². The number of carbonyl (C=O) groups excluding carboxylic acids is 1. The summed E-state index contributed by atoms with van der Waals surface area (Å²) in [5, 5.41) is 6.38.